The zero-order chi connectivity index (χ0) is 15.1. The van der Waals surface area contributed by atoms with Crippen molar-refractivity contribution in [3.05, 3.63) is 35.0 Å². The molecule has 0 radical (unpaired) electrons. The number of nitrogens with zero attached hydrogens (tertiary/aromatic N) is 2. The molecule has 0 bridgehead atoms. The molecule has 2 saturated heterocycles. The molecule has 0 saturated carbocycles. The van der Waals surface area contributed by atoms with Crippen LogP contribution in [0, 0.1) is 5.82 Å². The van der Waals surface area contributed by atoms with E-state index in [0.29, 0.717) is 6.04 Å². The van der Waals surface area contributed by atoms with Gasteiger partial charge in [-0.05, 0) is 49.0 Å². The monoisotopic (exact) mass is 318 g/mol. The molecule has 116 valence electrons. The molecule has 1 aromatic heterocycles. The lowest BCUT2D eigenvalue weighted by atomic mass is 9.99. The summed E-state index contributed by atoms with van der Waals surface area (Å²) in [4.78, 5) is 18.0. The number of benzene rings is 1. The molecular formula is C17H19FN2OS. The highest BCUT2D eigenvalue weighted by molar-refractivity contribution is 7.20. The second-order valence-corrected chi connectivity index (χ2v) is 7.31. The summed E-state index contributed by atoms with van der Waals surface area (Å²) in [6.45, 7) is 3.80. The maximum absolute atomic E-state index is 13.3. The highest BCUT2D eigenvalue weighted by Crippen LogP contribution is 2.29. The van der Waals surface area contributed by atoms with Crippen molar-refractivity contribution >= 4 is 27.3 Å². The number of halogens is 1. The fourth-order valence-electron chi connectivity index (χ4n) is 3.62. The van der Waals surface area contributed by atoms with Crippen LogP contribution in [-0.4, -0.2) is 47.9 Å². The number of carbonyl (C=O) groups excluding carboxylic acids is 1. The SMILES string of the molecule is O=C(c1cc2cc(F)ccc2s1)N1CCN2CCCCC2C1. The van der Waals surface area contributed by atoms with Crippen LogP contribution in [0.2, 0.25) is 0 Å². The van der Waals surface area contributed by atoms with Gasteiger partial charge in [0.05, 0.1) is 4.88 Å². The van der Waals surface area contributed by atoms with Crippen molar-refractivity contribution in [3.63, 3.8) is 0 Å². The largest absolute Gasteiger partial charge is 0.335 e. The number of hydrogen-bond donors (Lipinski definition) is 0. The second kappa shape index (κ2) is 5.63. The average Bonchev–Trinajstić information content (AvgIpc) is 2.96. The topological polar surface area (TPSA) is 23.6 Å². The predicted molar refractivity (Wildman–Crippen MR) is 86.9 cm³/mol. The number of piperidine rings is 1. The van der Waals surface area contributed by atoms with Crippen molar-refractivity contribution in [1.29, 1.82) is 0 Å². The van der Waals surface area contributed by atoms with Gasteiger partial charge in [0.2, 0.25) is 0 Å². The van der Waals surface area contributed by atoms with Gasteiger partial charge in [-0.1, -0.05) is 6.42 Å². The molecule has 3 nitrogen and oxygen atoms in total. The van der Waals surface area contributed by atoms with E-state index in [4.69, 9.17) is 0 Å². The van der Waals surface area contributed by atoms with Crippen LogP contribution in [0.1, 0.15) is 28.9 Å². The molecule has 2 fully saturated rings. The Morgan fingerprint density at radius 1 is 1.18 bits per heavy atom. The van der Waals surface area contributed by atoms with Crippen LogP contribution in [-0.2, 0) is 0 Å². The van der Waals surface area contributed by atoms with Crippen LogP contribution >= 0.6 is 11.3 Å². The van der Waals surface area contributed by atoms with Crippen LogP contribution in [0.5, 0.6) is 0 Å². The molecule has 4 rings (SSSR count). The first-order valence-corrected chi connectivity index (χ1v) is 8.75. The minimum atomic E-state index is -0.250. The minimum absolute atomic E-state index is 0.104. The lowest BCUT2D eigenvalue weighted by Gasteiger charge is -2.43. The first kappa shape index (κ1) is 14.2. The van der Waals surface area contributed by atoms with Crippen LogP contribution in [0.4, 0.5) is 4.39 Å². The third-order valence-corrected chi connectivity index (χ3v) is 5.92. The molecule has 1 amide bonds. The number of carbonyl (C=O) groups is 1. The van der Waals surface area contributed by atoms with E-state index in [9.17, 15) is 9.18 Å². The van der Waals surface area contributed by atoms with Crippen molar-refractivity contribution in [2.24, 2.45) is 0 Å². The second-order valence-electron chi connectivity index (χ2n) is 6.23. The van der Waals surface area contributed by atoms with Crippen LogP contribution in [0.3, 0.4) is 0 Å². The molecule has 5 heteroatoms. The van der Waals surface area contributed by atoms with E-state index in [1.54, 1.807) is 6.07 Å². The highest BCUT2D eigenvalue weighted by atomic mass is 32.1. The smallest absolute Gasteiger partial charge is 0.264 e. The van der Waals surface area contributed by atoms with Crippen molar-refractivity contribution in [3.8, 4) is 0 Å². The molecule has 2 aliphatic heterocycles. The van der Waals surface area contributed by atoms with Gasteiger partial charge in [-0.15, -0.1) is 11.3 Å². The Morgan fingerprint density at radius 3 is 3.00 bits per heavy atom. The molecule has 1 unspecified atom stereocenters. The van der Waals surface area contributed by atoms with Gasteiger partial charge >= 0.3 is 0 Å². The lowest BCUT2D eigenvalue weighted by molar-refractivity contribution is 0.0376. The van der Waals surface area contributed by atoms with Crippen LogP contribution in [0.15, 0.2) is 24.3 Å². The van der Waals surface area contributed by atoms with Crippen molar-refractivity contribution in [1.82, 2.24) is 9.80 Å². The van der Waals surface area contributed by atoms with Gasteiger partial charge in [-0.2, -0.15) is 0 Å². The molecular weight excluding hydrogens is 299 g/mol. The molecule has 0 aliphatic carbocycles. The van der Waals surface area contributed by atoms with Gasteiger partial charge in [-0.3, -0.25) is 9.69 Å². The Kier molecular flexibility index (Phi) is 3.62. The summed E-state index contributed by atoms with van der Waals surface area (Å²) in [5, 5.41) is 0.824. The fourth-order valence-corrected chi connectivity index (χ4v) is 4.63. The summed E-state index contributed by atoms with van der Waals surface area (Å²) in [6.07, 6.45) is 3.75. The molecule has 3 heterocycles. The standard InChI is InChI=1S/C17H19FN2OS/c18-13-4-5-15-12(9-13)10-16(22-15)17(21)20-8-7-19-6-2-1-3-14(19)11-20/h4-5,9-10,14H,1-3,6-8,11H2. The number of amides is 1. The van der Waals surface area contributed by atoms with E-state index >= 15 is 0 Å². The maximum atomic E-state index is 13.3. The van der Waals surface area contributed by atoms with Crippen LogP contribution in [0.25, 0.3) is 10.1 Å². The number of hydrogen-bond acceptors (Lipinski definition) is 3. The normalized spacial score (nSPS) is 22.8. The number of piperazine rings is 1. The van der Waals surface area contributed by atoms with E-state index in [2.05, 4.69) is 4.90 Å². The van der Waals surface area contributed by atoms with Gasteiger partial charge in [0.25, 0.3) is 5.91 Å². The van der Waals surface area contributed by atoms with Gasteiger partial charge < -0.3 is 4.90 Å². The van der Waals surface area contributed by atoms with Crippen molar-refractivity contribution in [2.45, 2.75) is 25.3 Å². The summed E-state index contributed by atoms with van der Waals surface area (Å²) in [5.74, 6) is -0.146. The van der Waals surface area contributed by atoms with E-state index in [1.165, 1.54) is 49.3 Å². The van der Waals surface area contributed by atoms with Gasteiger partial charge in [0.15, 0.2) is 0 Å². The average molecular weight is 318 g/mol. The minimum Gasteiger partial charge on any atom is -0.335 e. The Bertz CT molecular complexity index is 714. The van der Waals surface area contributed by atoms with E-state index in [0.717, 1.165) is 34.6 Å². The Labute approximate surface area is 133 Å². The molecule has 1 atom stereocenters. The first-order chi connectivity index (χ1) is 10.7. The predicted octanol–water partition coefficient (Wildman–Crippen LogP) is 3.35. The Balaban J connectivity index is 1.55. The first-order valence-electron chi connectivity index (χ1n) is 7.93. The molecule has 2 aliphatic rings. The fraction of sp³-hybridized carbons (Fsp3) is 0.471. The quantitative estimate of drug-likeness (QED) is 0.805. The highest BCUT2D eigenvalue weighted by Gasteiger charge is 2.31. The van der Waals surface area contributed by atoms with Crippen molar-refractivity contribution in [2.75, 3.05) is 26.2 Å². The molecule has 0 spiro atoms. The van der Waals surface area contributed by atoms with Gasteiger partial charge in [0.1, 0.15) is 5.82 Å². The van der Waals surface area contributed by atoms with Gasteiger partial charge in [0, 0.05) is 30.4 Å². The third-order valence-electron chi connectivity index (χ3n) is 4.81. The number of rotatable bonds is 1. The van der Waals surface area contributed by atoms with E-state index < -0.39 is 0 Å². The summed E-state index contributed by atoms with van der Waals surface area (Å²) < 4.78 is 14.3. The van der Waals surface area contributed by atoms with Gasteiger partial charge in [-0.25, -0.2) is 4.39 Å². The van der Waals surface area contributed by atoms with E-state index in [1.807, 2.05) is 11.0 Å². The maximum Gasteiger partial charge on any atom is 0.264 e. The Hall–Kier alpha value is -1.46. The zero-order valence-electron chi connectivity index (χ0n) is 12.4. The summed E-state index contributed by atoms with van der Waals surface area (Å²) in [5.41, 5.74) is 0. The number of fused-ring (bicyclic) bond motifs is 2. The van der Waals surface area contributed by atoms with Crippen LogP contribution < -0.4 is 0 Å². The molecule has 0 N–H and O–H groups in total. The molecule has 1 aromatic carbocycles. The summed E-state index contributed by atoms with van der Waals surface area (Å²) in [6, 6.07) is 7.07. The zero-order valence-corrected chi connectivity index (χ0v) is 13.2. The number of thiophene rings is 1. The molecule has 22 heavy (non-hydrogen) atoms. The lowest BCUT2D eigenvalue weighted by Crippen LogP contribution is -2.56. The Morgan fingerprint density at radius 2 is 2.09 bits per heavy atom. The summed E-state index contributed by atoms with van der Waals surface area (Å²) >= 11 is 1.47. The van der Waals surface area contributed by atoms with E-state index in [-0.39, 0.29) is 11.7 Å². The van der Waals surface area contributed by atoms with Crippen molar-refractivity contribution < 1.29 is 9.18 Å². The summed E-state index contributed by atoms with van der Waals surface area (Å²) in [7, 11) is 0. The third kappa shape index (κ3) is 2.52. The molecule has 2 aromatic rings.